The molecule has 0 atom stereocenters. The van der Waals surface area contributed by atoms with Crippen molar-refractivity contribution in [3.05, 3.63) is 47.5 Å². The van der Waals surface area contributed by atoms with E-state index >= 15 is 0 Å². The summed E-state index contributed by atoms with van der Waals surface area (Å²) in [5, 5.41) is 13.4. The summed E-state index contributed by atoms with van der Waals surface area (Å²) in [5.74, 6) is -1.30. The fraction of sp³-hybridized carbons (Fsp3) is 0.231. The Morgan fingerprint density at radius 1 is 1.33 bits per heavy atom. The minimum absolute atomic E-state index is 0.0744. The predicted octanol–water partition coefficient (Wildman–Crippen LogP) is 2.83. The SMILES string of the molecule is CC(C)c1cc(C(=O)O)n(-c2ccc(F)cc2)n1. The number of hydrogen-bond acceptors (Lipinski definition) is 2. The van der Waals surface area contributed by atoms with Crippen molar-refractivity contribution in [2.75, 3.05) is 0 Å². The maximum absolute atomic E-state index is 12.8. The highest BCUT2D eigenvalue weighted by Gasteiger charge is 2.17. The van der Waals surface area contributed by atoms with Crippen LogP contribution in [0.3, 0.4) is 0 Å². The van der Waals surface area contributed by atoms with Gasteiger partial charge < -0.3 is 5.11 Å². The predicted molar refractivity (Wildman–Crippen MR) is 64.6 cm³/mol. The van der Waals surface area contributed by atoms with Crippen LogP contribution in [0.1, 0.15) is 35.9 Å². The van der Waals surface area contributed by atoms with E-state index in [0.29, 0.717) is 11.4 Å². The van der Waals surface area contributed by atoms with Gasteiger partial charge in [0.2, 0.25) is 0 Å². The molecule has 0 unspecified atom stereocenters. The molecule has 0 fully saturated rings. The first-order valence-corrected chi connectivity index (χ1v) is 5.58. The van der Waals surface area contributed by atoms with Crippen molar-refractivity contribution in [1.29, 1.82) is 0 Å². The second kappa shape index (κ2) is 4.60. The Morgan fingerprint density at radius 3 is 2.44 bits per heavy atom. The third kappa shape index (κ3) is 2.25. The van der Waals surface area contributed by atoms with Gasteiger partial charge in [0.15, 0.2) is 5.69 Å². The monoisotopic (exact) mass is 248 g/mol. The number of carboxylic acids is 1. The highest BCUT2D eigenvalue weighted by Crippen LogP contribution is 2.18. The van der Waals surface area contributed by atoms with Gasteiger partial charge in [-0.2, -0.15) is 5.10 Å². The first-order valence-electron chi connectivity index (χ1n) is 5.58. The van der Waals surface area contributed by atoms with E-state index in [1.807, 2.05) is 13.8 Å². The number of rotatable bonds is 3. The number of carbonyl (C=O) groups is 1. The second-order valence-electron chi connectivity index (χ2n) is 4.30. The maximum Gasteiger partial charge on any atom is 0.354 e. The molecule has 2 rings (SSSR count). The van der Waals surface area contributed by atoms with Crippen LogP contribution < -0.4 is 0 Å². The molecule has 1 aromatic heterocycles. The largest absolute Gasteiger partial charge is 0.477 e. The molecular formula is C13H13FN2O2. The topological polar surface area (TPSA) is 55.1 Å². The van der Waals surface area contributed by atoms with E-state index < -0.39 is 5.97 Å². The Balaban J connectivity index is 2.55. The maximum atomic E-state index is 12.8. The molecule has 0 radical (unpaired) electrons. The number of benzene rings is 1. The Kier molecular flexibility index (Phi) is 3.14. The summed E-state index contributed by atoms with van der Waals surface area (Å²) in [6, 6.07) is 7.09. The van der Waals surface area contributed by atoms with E-state index in [0.717, 1.165) is 0 Å². The molecule has 0 aliphatic rings. The van der Waals surface area contributed by atoms with Crippen LogP contribution in [0.4, 0.5) is 4.39 Å². The second-order valence-corrected chi connectivity index (χ2v) is 4.30. The van der Waals surface area contributed by atoms with Crippen molar-refractivity contribution >= 4 is 5.97 Å². The number of hydrogen-bond donors (Lipinski definition) is 1. The lowest BCUT2D eigenvalue weighted by molar-refractivity contribution is 0.0687. The van der Waals surface area contributed by atoms with Gasteiger partial charge in [0.05, 0.1) is 11.4 Å². The van der Waals surface area contributed by atoms with Crippen LogP contribution in [0.25, 0.3) is 5.69 Å². The Labute approximate surface area is 104 Å². The van der Waals surface area contributed by atoms with Crippen LogP contribution in [0.5, 0.6) is 0 Å². The van der Waals surface area contributed by atoms with Gasteiger partial charge in [0.25, 0.3) is 0 Å². The van der Waals surface area contributed by atoms with E-state index in [4.69, 9.17) is 5.11 Å². The summed E-state index contributed by atoms with van der Waals surface area (Å²) in [6.45, 7) is 3.87. The quantitative estimate of drug-likeness (QED) is 0.908. The van der Waals surface area contributed by atoms with Gasteiger partial charge in [-0.3, -0.25) is 0 Å². The molecule has 18 heavy (non-hydrogen) atoms. The molecule has 0 aliphatic carbocycles. The average molecular weight is 248 g/mol. The Bertz CT molecular complexity index is 573. The molecule has 0 amide bonds. The molecular weight excluding hydrogens is 235 g/mol. The van der Waals surface area contributed by atoms with Gasteiger partial charge in [-0.05, 0) is 36.2 Å². The standard InChI is InChI=1S/C13H13FN2O2/c1-8(2)11-7-12(13(17)18)16(15-11)10-5-3-9(14)4-6-10/h3-8H,1-2H3,(H,17,18). The fourth-order valence-corrected chi connectivity index (χ4v) is 1.61. The van der Waals surface area contributed by atoms with Gasteiger partial charge >= 0.3 is 5.97 Å². The van der Waals surface area contributed by atoms with Gasteiger partial charge in [-0.1, -0.05) is 13.8 Å². The number of halogens is 1. The number of aromatic nitrogens is 2. The van der Waals surface area contributed by atoms with E-state index in [-0.39, 0.29) is 17.4 Å². The highest BCUT2D eigenvalue weighted by atomic mass is 19.1. The fourth-order valence-electron chi connectivity index (χ4n) is 1.61. The van der Waals surface area contributed by atoms with Crippen LogP contribution in [0.15, 0.2) is 30.3 Å². The number of carboxylic acid groups (broad SMARTS) is 1. The third-order valence-corrected chi connectivity index (χ3v) is 2.61. The van der Waals surface area contributed by atoms with Crippen LogP contribution in [0.2, 0.25) is 0 Å². The summed E-state index contributed by atoms with van der Waals surface area (Å²) in [5.41, 5.74) is 1.29. The van der Waals surface area contributed by atoms with Crippen molar-refractivity contribution in [3.8, 4) is 5.69 Å². The summed E-state index contributed by atoms with van der Waals surface area (Å²) in [6.07, 6.45) is 0. The molecule has 5 heteroatoms. The smallest absolute Gasteiger partial charge is 0.354 e. The highest BCUT2D eigenvalue weighted by molar-refractivity contribution is 5.86. The van der Waals surface area contributed by atoms with Crippen LogP contribution >= 0.6 is 0 Å². The van der Waals surface area contributed by atoms with Crippen molar-refractivity contribution in [2.45, 2.75) is 19.8 Å². The molecule has 1 heterocycles. The van der Waals surface area contributed by atoms with E-state index in [9.17, 15) is 9.18 Å². The van der Waals surface area contributed by atoms with Gasteiger partial charge in [0, 0.05) is 0 Å². The lowest BCUT2D eigenvalue weighted by atomic mass is 10.1. The van der Waals surface area contributed by atoms with Crippen molar-refractivity contribution in [2.24, 2.45) is 0 Å². The van der Waals surface area contributed by atoms with Crippen LogP contribution in [-0.4, -0.2) is 20.9 Å². The van der Waals surface area contributed by atoms with Crippen molar-refractivity contribution in [1.82, 2.24) is 9.78 Å². The zero-order valence-corrected chi connectivity index (χ0v) is 10.1. The third-order valence-electron chi connectivity index (χ3n) is 2.61. The summed E-state index contributed by atoms with van der Waals surface area (Å²) < 4.78 is 14.2. The van der Waals surface area contributed by atoms with E-state index in [2.05, 4.69) is 5.10 Å². The molecule has 0 saturated heterocycles. The molecule has 0 aliphatic heterocycles. The van der Waals surface area contributed by atoms with E-state index in [1.165, 1.54) is 35.0 Å². The zero-order chi connectivity index (χ0) is 13.3. The Hall–Kier alpha value is -2.17. The first-order chi connectivity index (χ1) is 8.49. The summed E-state index contributed by atoms with van der Waals surface area (Å²) in [7, 11) is 0. The zero-order valence-electron chi connectivity index (χ0n) is 10.1. The van der Waals surface area contributed by atoms with Crippen LogP contribution in [0, 0.1) is 5.82 Å². The molecule has 0 saturated carbocycles. The minimum atomic E-state index is -1.06. The number of aromatic carboxylic acids is 1. The van der Waals surface area contributed by atoms with Crippen LogP contribution in [-0.2, 0) is 0 Å². The lowest BCUT2D eigenvalue weighted by Crippen LogP contribution is -2.07. The average Bonchev–Trinajstić information content (AvgIpc) is 2.75. The van der Waals surface area contributed by atoms with Crippen molar-refractivity contribution in [3.63, 3.8) is 0 Å². The molecule has 1 aromatic carbocycles. The van der Waals surface area contributed by atoms with Gasteiger partial charge in [-0.25, -0.2) is 13.9 Å². The normalized spacial score (nSPS) is 10.9. The molecule has 0 spiro atoms. The van der Waals surface area contributed by atoms with Crippen molar-refractivity contribution < 1.29 is 14.3 Å². The molecule has 0 bridgehead atoms. The lowest BCUT2D eigenvalue weighted by Gasteiger charge is -2.04. The number of nitrogens with zero attached hydrogens (tertiary/aromatic N) is 2. The minimum Gasteiger partial charge on any atom is -0.477 e. The summed E-state index contributed by atoms with van der Waals surface area (Å²) in [4.78, 5) is 11.2. The molecule has 94 valence electrons. The molecule has 1 N–H and O–H groups in total. The molecule has 4 nitrogen and oxygen atoms in total. The van der Waals surface area contributed by atoms with Gasteiger partial charge in [0.1, 0.15) is 5.82 Å². The van der Waals surface area contributed by atoms with Gasteiger partial charge in [-0.15, -0.1) is 0 Å². The van der Waals surface area contributed by atoms with E-state index in [1.54, 1.807) is 0 Å². The Morgan fingerprint density at radius 2 is 1.94 bits per heavy atom. The summed E-state index contributed by atoms with van der Waals surface area (Å²) >= 11 is 0. The first kappa shape index (κ1) is 12.3. The molecule has 2 aromatic rings.